The molecule has 0 aliphatic rings. The average Bonchev–Trinajstić information content (AvgIpc) is 2.51. The van der Waals surface area contributed by atoms with Crippen LogP contribution in [-0.2, 0) is 4.79 Å². The Balaban J connectivity index is 1.68. The normalized spacial score (nSPS) is 10.4. The highest BCUT2D eigenvalue weighted by atomic mass is 32.2. The van der Waals surface area contributed by atoms with Crippen LogP contribution in [0.5, 0.6) is 5.75 Å². The van der Waals surface area contributed by atoms with Crippen LogP contribution in [-0.4, -0.2) is 24.0 Å². The maximum atomic E-state index is 12.0. The topological polar surface area (TPSA) is 38.3 Å². The number of hydrogen-bond donors (Lipinski definition) is 1. The van der Waals surface area contributed by atoms with Crippen LogP contribution in [0.25, 0.3) is 0 Å². The molecule has 0 unspecified atom stereocenters. The number of carbonyl (C=O) groups is 1. The number of rotatable bonds is 7. The molecule has 0 saturated heterocycles. The molecule has 0 aromatic heterocycles. The van der Waals surface area contributed by atoms with E-state index >= 15 is 0 Å². The minimum absolute atomic E-state index is 0.0271. The van der Waals surface area contributed by atoms with Crippen LogP contribution >= 0.6 is 11.8 Å². The van der Waals surface area contributed by atoms with E-state index in [0.717, 1.165) is 22.8 Å². The summed E-state index contributed by atoms with van der Waals surface area (Å²) in [6.45, 7) is 6.71. The van der Waals surface area contributed by atoms with Crippen LogP contribution in [0.4, 0.5) is 5.69 Å². The summed E-state index contributed by atoms with van der Waals surface area (Å²) < 4.78 is 5.67. The molecule has 1 N–H and O–H groups in total. The molecule has 0 bridgehead atoms. The number of ether oxygens (including phenoxy) is 1. The summed E-state index contributed by atoms with van der Waals surface area (Å²) in [4.78, 5) is 12.0. The summed E-state index contributed by atoms with van der Waals surface area (Å²) in [6.07, 6.45) is 0. The van der Waals surface area contributed by atoms with E-state index in [1.807, 2.05) is 63.2 Å². The fourth-order valence-corrected chi connectivity index (χ4v) is 2.76. The summed E-state index contributed by atoms with van der Waals surface area (Å²) >= 11 is 1.58. The van der Waals surface area contributed by atoms with Crippen molar-refractivity contribution in [2.75, 3.05) is 23.4 Å². The number of thioether (sulfide) groups is 1. The molecule has 0 saturated carbocycles. The van der Waals surface area contributed by atoms with E-state index < -0.39 is 0 Å². The summed E-state index contributed by atoms with van der Waals surface area (Å²) in [5, 5.41) is 2.97. The molecule has 3 nitrogen and oxygen atoms in total. The van der Waals surface area contributed by atoms with Gasteiger partial charge in [0.2, 0.25) is 5.91 Å². The van der Waals surface area contributed by atoms with Crippen molar-refractivity contribution in [1.29, 1.82) is 0 Å². The lowest BCUT2D eigenvalue weighted by Gasteiger charge is -2.10. The molecule has 2 rings (SSSR count). The van der Waals surface area contributed by atoms with Gasteiger partial charge in [0.1, 0.15) is 5.75 Å². The van der Waals surface area contributed by atoms with Crippen LogP contribution < -0.4 is 10.1 Å². The van der Waals surface area contributed by atoms with Gasteiger partial charge >= 0.3 is 0 Å². The van der Waals surface area contributed by atoms with Gasteiger partial charge < -0.3 is 10.1 Å². The van der Waals surface area contributed by atoms with Gasteiger partial charge in [0, 0.05) is 11.4 Å². The molecule has 4 heteroatoms. The number of benzene rings is 2. The molecular weight excluding hydrogens is 306 g/mol. The second kappa shape index (κ2) is 8.63. The van der Waals surface area contributed by atoms with E-state index in [-0.39, 0.29) is 5.91 Å². The molecule has 0 fully saturated rings. The molecule has 0 spiro atoms. The van der Waals surface area contributed by atoms with Crippen molar-refractivity contribution >= 4 is 23.4 Å². The Labute approximate surface area is 142 Å². The minimum atomic E-state index is 0.0271. The Morgan fingerprint density at radius 1 is 1.13 bits per heavy atom. The zero-order chi connectivity index (χ0) is 16.7. The van der Waals surface area contributed by atoms with Crippen LogP contribution in [0.3, 0.4) is 0 Å². The second-order valence-corrected chi connectivity index (χ2v) is 6.62. The highest BCUT2D eigenvalue weighted by molar-refractivity contribution is 7.99. The van der Waals surface area contributed by atoms with Crippen molar-refractivity contribution in [2.45, 2.75) is 20.8 Å². The zero-order valence-corrected chi connectivity index (χ0v) is 14.7. The first-order chi connectivity index (χ1) is 11.1. The van der Waals surface area contributed by atoms with Crippen LogP contribution in [0, 0.1) is 20.8 Å². The maximum absolute atomic E-state index is 12.0. The fraction of sp³-hybridized carbons (Fsp3) is 0.316. The fourth-order valence-electron chi connectivity index (χ4n) is 2.16. The standard InChI is InChI=1S/C19H23NO2S/c1-14-6-4-8-17(12-14)22-10-11-23-13-19(21)20-18-9-5-7-15(2)16(18)3/h4-9,12H,10-11,13H2,1-3H3,(H,20,21). The number of anilines is 1. The molecule has 1 amide bonds. The maximum Gasteiger partial charge on any atom is 0.234 e. The number of amides is 1. The van der Waals surface area contributed by atoms with Crippen molar-refractivity contribution < 1.29 is 9.53 Å². The van der Waals surface area contributed by atoms with Gasteiger partial charge in [-0.05, 0) is 55.7 Å². The van der Waals surface area contributed by atoms with Gasteiger partial charge in [0.05, 0.1) is 12.4 Å². The zero-order valence-electron chi connectivity index (χ0n) is 13.9. The predicted molar refractivity (Wildman–Crippen MR) is 98.5 cm³/mol. The Morgan fingerprint density at radius 3 is 2.70 bits per heavy atom. The molecule has 2 aromatic rings. The van der Waals surface area contributed by atoms with Crippen LogP contribution in [0.2, 0.25) is 0 Å². The molecule has 122 valence electrons. The summed E-state index contributed by atoms with van der Waals surface area (Å²) in [5.41, 5.74) is 4.38. The van der Waals surface area contributed by atoms with Gasteiger partial charge in [-0.3, -0.25) is 4.79 Å². The summed E-state index contributed by atoms with van der Waals surface area (Å²) in [6, 6.07) is 13.9. The molecule has 0 aliphatic carbocycles. The molecule has 2 aromatic carbocycles. The lowest BCUT2D eigenvalue weighted by Crippen LogP contribution is -2.16. The third-order valence-corrected chi connectivity index (χ3v) is 4.52. The lowest BCUT2D eigenvalue weighted by molar-refractivity contribution is -0.113. The lowest BCUT2D eigenvalue weighted by atomic mass is 10.1. The van der Waals surface area contributed by atoms with Crippen molar-refractivity contribution in [1.82, 2.24) is 0 Å². The van der Waals surface area contributed by atoms with E-state index in [4.69, 9.17) is 4.74 Å². The van der Waals surface area contributed by atoms with E-state index in [1.165, 1.54) is 11.1 Å². The Kier molecular flexibility index (Phi) is 6.53. The predicted octanol–water partition coefficient (Wildman–Crippen LogP) is 4.36. The summed E-state index contributed by atoms with van der Waals surface area (Å²) in [7, 11) is 0. The largest absolute Gasteiger partial charge is 0.493 e. The third-order valence-electron chi connectivity index (χ3n) is 3.60. The van der Waals surface area contributed by atoms with Crippen LogP contribution in [0.1, 0.15) is 16.7 Å². The van der Waals surface area contributed by atoms with Gasteiger partial charge in [-0.2, -0.15) is 0 Å². The smallest absolute Gasteiger partial charge is 0.234 e. The highest BCUT2D eigenvalue weighted by Crippen LogP contribution is 2.18. The van der Waals surface area contributed by atoms with Crippen molar-refractivity contribution in [3.8, 4) is 5.75 Å². The number of hydrogen-bond acceptors (Lipinski definition) is 3. The second-order valence-electron chi connectivity index (χ2n) is 5.51. The SMILES string of the molecule is Cc1cccc(OCCSCC(=O)Nc2cccc(C)c2C)c1. The van der Waals surface area contributed by atoms with E-state index in [9.17, 15) is 4.79 Å². The third kappa shape index (κ3) is 5.64. The summed E-state index contributed by atoms with van der Waals surface area (Å²) in [5.74, 6) is 2.13. The quantitative estimate of drug-likeness (QED) is 0.767. The first-order valence-electron chi connectivity index (χ1n) is 7.69. The molecule has 23 heavy (non-hydrogen) atoms. The van der Waals surface area contributed by atoms with Gasteiger partial charge in [-0.15, -0.1) is 11.8 Å². The Morgan fingerprint density at radius 2 is 1.91 bits per heavy atom. The Bertz CT molecular complexity index is 670. The van der Waals surface area contributed by atoms with E-state index in [1.54, 1.807) is 11.8 Å². The van der Waals surface area contributed by atoms with Crippen LogP contribution in [0.15, 0.2) is 42.5 Å². The first kappa shape index (κ1) is 17.4. The first-order valence-corrected chi connectivity index (χ1v) is 8.85. The van der Waals surface area contributed by atoms with E-state index in [2.05, 4.69) is 5.32 Å². The minimum Gasteiger partial charge on any atom is -0.493 e. The van der Waals surface area contributed by atoms with Gasteiger partial charge in [0.25, 0.3) is 0 Å². The number of aryl methyl sites for hydroxylation is 2. The van der Waals surface area contributed by atoms with Gasteiger partial charge in [-0.25, -0.2) is 0 Å². The molecule has 0 radical (unpaired) electrons. The van der Waals surface area contributed by atoms with Crippen molar-refractivity contribution in [3.05, 3.63) is 59.2 Å². The number of nitrogens with one attached hydrogen (secondary N) is 1. The Hall–Kier alpha value is -1.94. The van der Waals surface area contributed by atoms with Gasteiger partial charge in [-0.1, -0.05) is 24.3 Å². The molecule has 0 atom stereocenters. The van der Waals surface area contributed by atoms with Crippen molar-refractivity contribution in [2.24, 2.45) is 0 Å². The molecule has 0 aliphatic heterocycles. The van der Waals surface area contributed by atoms with Gasteiger partial charge in [0.15, 0.2) is 0 Å². The number of carbonyl (C=O) groups excluding carboxylic acids is 1. The monoisotopic (exact) mass is 329 g/mol. The molecular formula is C19H23NO2S. The van der Waals surface area contributed by atoms with E-state index in [0.29, 0.717) is 12.4 Å². The molecule has 0 heterocycles. The average molecular weight is 329 g/mol. The highest BCUT2D eigenvalue weighted by Gasteiger charge is 2.06. The van der Waals surface area contributed by atoms with Crippen molar-refractivity contribution in [3.63, 3.8) is 0 Å².